The first-order chi connectivity index (χ1) is 19.1. The van der Waals surface area contributed by atoms with E-state index in [0.717, 1.165) is 44.3 Å². The van der Waals surface area contributed by atoms with Crippen molar-refractivity contribution < 1.29 is 13.4 Å². The summed E-state index contributed by atoms with van der Waals surface area (Å²) in [7, 11) is 2.06. The average Bonchev–Trinajstić information content (AvgIpc) is 3.63. The maximum Gasteiger partial charge on any atom is 0.216 e. The number of hydrogen-bond acceptors (Lipinski definition) is 1. The first-order valence-electron chi connectivity index (χ1n) is 13.9. The molecular formula is C36H31FNO+. The van der Waals surface area contributed by atoms with Crippen LogP contribution in [0, 0.1) is 12.7 Å². The highest BCUT2D eigenvalue weighted by Gasteiger charge is 2.24. The van der Waals surface area contributed by atoms with Crippen molar-refractivity contribution in [1.82, 2.24) is 0 Å². The normalized spacial score (nSPS) is 14.0. The number of aromatic nitrogens is 1. The Morgan fingerprint density at radius 1 is 0.718 bits per heavy atom. The van der Waals surface area contributed by atoms with Crippen LogP contribution in [0.5, 0.6) is 0 Å². The Balaban J connectivity index is 1.42. The van der Waals surface area contributed by atoms with Gasteiger partial charge in [0.1, 0.15) is 24.0 Å². The molecule has 0 radical (unpaired) electrons. The molecule has 1 saturated carbocycles. The molecule has 0 atom stereocenters. The van der Waals surface area contributed by atoms with Crippen LogP contribution < -0.4 is 4.57 Å². The van der Waals surface area contributed by atoms with Gasteiger partial charge in [0.05, 0.1) is 11.1 Å². The van der Waals surface area contributed by atoms with Gasteiger partial charge in [0, 0.05) is 22.9 Å². The van der Waals surface area contributed by atoms with Gasteiger partial charge in [-0.2, -0.15) is 0 Å². The Bertz CT molecular complexity index is 1830. The second-order valence-corrected chi connectivity index (χ2v) is 10.9. The Morgan fingerprint density at radius 2 is 1.41 bits per heavy atom. The van der Waals surface area contributed by atoms with Crippen LogP contribution in [0.15, 0.2) is 102 Å². The number of rotatable bonds is 4. The zero-order valence-corrected chi connectivity index (χ0v) is 22.4. The lowest BCUT2D eigenvalue weighted by Gasteiger charge is -2.11. The van der Waals surface area contributed by atoms with Crippen molar-refractivity contribution in [3.8, 4) is 33.5 Å². The van der Waals surface area contributed by atoms with Crippen LogP contribution in [0.4, 0.5) is 4.39 Å². The molecule has 4 aromatic carbocycles. The molecule has 2 heterocycles. The SMILES string of the molecule is Cc1ccc2c(oc3c(-c4ccc(C5CCCC5)cc4)c(F)ccc32)c1-c1cc(-c2ccccc2)cc[n+]1C. The predicted molar refractivity (Wildman–Crippen MR) is 157 cm³/mol. The van der Waals surface area contributed by atoms with Gasteiger partial charge in [-0.3, -0.25) is 0 Å². The molecule has 2 nitrogen and oxygen atoms in total. The molecule has 0 unspecified atom stereocenters. The fourth-order valence-electron chi connectivity index (χ4n) is 6.37. The minimum absolute atomic E-state index is 0.259. The Hall–Kier alpha value is -4.24. The lowest BCUT2D eigenvalue weighted by atomic mass is 9.94. The quantitative estimate of drug-likeness (QED) is 0.215. The third-order valence-corrected chi connectivity index (χ3v) is 8.51. The number of nitrogens with zero attached hydrogens (tertiary/aromatic N) is 1. The van der Waals surface area contributed by atoms with Crippen LogP contribution >= 0.6 is 0 Å². The van der Waals surface area contributed by atoms with Gasteiger partial charge in [0.25, 0.3) is 0 Å². The molecule has 6 aromatic rings. The van der Waals surface area contributed by atoms with Crippen molar-refractivity contribution in [2.75, 3.05) is 0 Å². The molecule has 1 aliphatic rings. The van der Waals surface area contributed by atoms with E-state index in [1.807, 2.05) is 12.1 Å². The van der Waals surface area contributed by atoms with Crippen molar-refractivity contribution >= 4 is 21.9 Å². The van der Waals surface area contributed by atoms with E-state index in [1.165, 1.54) is 36.8 Å². The van der Waals surface area contributed by atoms with Gasteiger partial charge < -0.3 is 4.42 Å². The summed E-state index contributed by atoms with van der Waals surface area (Å²) in [4.78, 5) is 0. The van der Waals surface area contributed by atoms with E-state index < -0.39 is 0 Å². The van der Waals surface area contributed by atoms with Crippen LogP contribution in [0.3, 0.4) is 0 Å². The fraction of sp³-hybridized carbons (Fsp3) is 0.194. The Labute approximate surface area is 228 Å². The average molecular weight is 513 g/mol. The maximum atomic E-state index is 15.5. The summed E-state index contributed by atoms with van der Waals surface area (Å²) >= 11 is 0. The largest absolute Gasteiger partial charge is 0.454 e. The third kappa shape index (κ3) is 4.04. The molecule has 1 fully saturated rings. The summed E-state index contributed by atoms with van der Waals surface area (Å²) in [5.74, 6) is 0.369. The maximum absolute atomic E-state index is 15.5. The van der Waals surface area contributed by atoms with E-state index in [-0.39, 0.29) is 5.82 Å². The Kier molecular flexibility index (Phi) is 5.81. The van der Waals surface area contributed by atoms with Crippen molar-refractivity contribution in [2.45, 2.75) is 38.5 Å². The number of halogens is 1. The van der Waals surface area contributed by atoms with Gasteiger partial charge in [-0.1, -0.05) is 79.6 Å². The Morgan fingerprint density at radius 3 is 2.15 bits per heavy atom. The minimum Gasteiger partial charge on any atom is -0.454 e. The molecule has 0 aliphatic heterocycles. The molecule has 0 saturated heterocycles. The lowest BCUT2D eigenvalue weighted by molar-refractivity contribution is -0.660. The zero-order chi connectivity index (χ0) is 26.5. The highest BCUT2D eigenvalue weighted by molar-refractivity contribution is 6.13. The standard InChI is InChI=1S/C36H31FNO/c1-23-12-17-29-30-18-19-31(37)34(27-15-13-26(14-16-27)24-10-6-7-11-24)36(30)39-35(29)33(23)32-22-28(20-21-38(32)2)25-8-4-3-5-9-25/h3-5,8-9,12-22,24H,6-7,10-11H2,1-2H3/q+1. The monoisotopic (exact) mass is 512 g/mol. The summed E-state index contributed by atoms with van der Waals surface area (Å²) in [5, 5.41) is 1.93. The van der Waals surface area contributed by atoms with Gasteiger partial charge in [-0.25, -0.2) is 8.96 Å². The number of hydrogen-bond donors (Lipinski definition) is 0. The molecule has 3 heteroatoms. The third-order valence-electron chi connectivity index (χ3n) is 8.51. The topological polar surface area (TPSA) is 17.0 Å². The molecule has 0 N–H and O–H groups in total. The predicted octanol–water partition coefficient (Wildman–Crippen LogP) is 9.52. The van der Waals surface area contributed by atoms with Crippen molar-refractivity contribution in [3.05, 3.63) is 114 Å². The molecule has 2 aromatic heterocycles. The van der Waals surface area contributed by atoms with Crippen LogP contribution in [0.25, 0.3) is 55.4 Å². The molecule has 1 aliphatic carbocycles. The van der Waals surface area contributed by atoms with Crippen LogP contribution in [0.1, 0.15) is 42.7 Å². The van der Waals surface area contributed by atoms with Crippen LogP contribution in [0.2, 0.25) is 0 Å². The van der Waals surface area contributed by atoms with Gasteiger partial charge in [0.2, 0.25) is 5.69 Å². The molecule has 7 rings (SSSR count). The number of fused-ring (bicyclic) bond motifs is 3. The van der Waals surface area contributed by atoms with E-state index >= 15 is 4.39 Å². The van der Waals surface area contributed by atoms with Gasteiger partial charge >= 0.3 is 0 Å². The van der Waals surface area contributed by atoms with Gasteiger partial charge in [-0.05, 0) is 65.6 Å². The minimum atomic E-state index is -0.259. The van der Waals surface area contributed by atoms with Crippen molar-refractivity contribution in [1.29, 1.82) is 0 Å². The lowest BCUT2D eigenvalue weighted by Crippen LogP contribution is -2.30. The summed E-state index contributed by atoms with van der Waals surface area (Å²) in [6.07, 6.45) is 7.19. The smallest absolute Gasteiger partial charge is 0.216 e. The fourth-order valence-corrected chi connectivity index (χ4v) is 6.37. The van der Waals surface area contributed by atoms with Crippen molar-refractivity contribution in [2.24, 2.45) is 7.05 Å². The van der Waals surface area contributed by atoms with Crippen LogP contribution in [-0.2, 0) is 7.05 Å². The first-order valence-corrected chi connectivity index (χ1v) is 13.9. The first kappa shape index (κ1) is 23.8. The molecule has 192 valence electrons. The van der Waals surface area contributed by atoms with E-state index in [9.17, 15) is 0 Å². The second-order valence-electron chi connectivity index (χ2n) is 10.9. The number of benzene rings is 4. The van der Waals surface area contributed by atoms with E-state index in [2.05, 4.69) is 97.5 Å². The molecule has 0 amide bonds. The van der Waals surface area contributed by atoms with E-state index in [4.69, 9.17) is 4.42 Å². The molecule has 0 bridgehead atoms. The number of furan rings is 1. The number of pyridine rings is 1. The summed E-state index contributed by atoms with van der Waals surface area (Å²) in [5.41, 5.74) is 9.66. The van der Waals surface area contributed by atoms with Gasteiger partial charge in [-0.15, -0.1) is 0 Å². The van der Waals surface area contributed by atoms with E-state index in [0.29, 0.717) is 17.1 Å². The molecule has 39 heavy (non-hydrogen) atoms. The summed E-state index contributed by atoms with van der Waals surface area (Å²) in [6, 6.07) is 30.9. The zero-order valence-electron chi connectivity index (χ0n) is 22.4. The van der Waals surface area contributed by atoms with Gasteiger partial charge in [0.15, 0.2) is 6.20 Å². The van der Waals surface area contributed by atoms with Crippen LogP contribution in [-0.4, -0.2) is 0 Å². The summed E-state index contributed by atoms with van der Waals surface area (Å²) < 4.78 is 24.3. The van der Waals surface area contributed by atoms with E-state index in [1.54, 1.807) is 6.07 Å². The highest BCUT2D eigenvalue weighted by atomic mass is 19.1. The highest BCUT2D eigenvalue weighted by Crippen LogP contribution is 2.42. The molecule has 0 spiro atoms. The molecular weight excluding hydrogens is 481 g/mol. The second kappa shape index (κ2) is 9.50. The van der Waals surface area contributed by atoms with Crippen molar-refractivity contribution in [3.63, 3.8) is 0 Å². The summed E-state index contributed by atoms with van der Waals surface area (Å²) in [6.45, 7) is 2.11. The number of aryl methyl sites for hydroxylation is 2.